The van der Waals surface area contributed by atoms with E-state index in [-0.39, 0.29) is 51.0 Å². The summed E-state index contributed by atoms with van der Waals surface area (Å²) < 4.78 is 2.12. The second-order valence-electron chi connectivity index (χ2n) is 6.40. The minimum atomic E-state index is 0. The molecular weight excluding hydrogens is 476 g/mol. The molecule has 1 aliphatic rings. The minimum Gasteiger partial charge on any atom is -1.00 e. The van der Waals surface area contributed by atoms with Crippen LogP contribution in [0, 0.1) is 6.08 Å². The van der Waals surface area contributed by atoms with E-state index in [1.165, 1.54) is 27.6 Å². The molecule has 144 valence electrons. The van der Waals surface area contributed by atoms with Crippen LogP contribution in [0.5, 0.6) is 0 Å². The Morgan fingerprint density at radius 3 is 2.21 bits per heavy atom. The Morgan fingerprint density at radius 1 is 0.862 bits per heavy atom. The van der Waals surface area contributed by atoms with Gasteiger partial charge < -0.3 is 29.4 Å². The molecule has 0 atom stereocenters. The van der Waals surface area contributed by atoms with E-state index in [9.17, 15) is 0 Å². The van der Waals surface area contributed by atoms with Gasteiger partial charge in [-0.1, -0.05) is 36.4 Å². The minimum absolute atomic E-state index is 0. The van der Waals surface area contributed by atoms with E-state index in [2.05, 4.69) is 95.9 Å². The van der Waals surface area contributed by atoms with Gasteiger partial charge in [0.05, 0.1) is 0 Å². The average molecular weight is 498 g/mol. The molecule has 0 amide bonds. The maximum Gasteiger partial charge on any atom is 4.00 e. The fraction of sp³-hybridized carbons (Fsp3) is 0.0800. The van der Waals surface area contributed by atoms with Crippen LogP contribution >= 0.6 is 0 Å². The first-order valence-corrected chi connectivity index (χ1v) is 8.97. The van der Waals surface area contributed by atoms with Crippen molar-refractivity contribution in [1.29, 1.82) is 0 Å². The van der Waals surface area contributed by atoms with Gasteiger partial charge in [0.1, 0.15) is 0 Å². The molecule has 0 saturated carbocycles. The SMILES string of the molecule is [C-]1=C(Cc2ccccc2)C=CC1.[Cl-].[Cl-].[Zr+4].c1ccc2[cH-]c(-n3cccc3)cc2c1. The van der Waals surface area contributed by atoms with Crippen molar-refractivity contribution < 1.29 is 51.0 Å². The maximum atomic E-state index is 3.31. The molecule has 0 aliphatic heterocycles. The first kappa shape index (κ1) is 25.3. The van der Waals surface area contributed by atoms with Gasteiger partial charge in [-0.15, -0.1) is 47.5 Å². The summed E-state index contributed by atoms with van der Waals surface area (Å²) in [6, 6.07) is 27.4. The monoisotopic (exact) mass is 495 g/mol. The Bertz CT molecular complexity index is 998. The Morgan fingerprint density at radius 2 is 1.55 bits per heavy atom. The zero-order chi connectivity index (χ0) is 17.6. The number of rotatable bonds is 3. The van der Waals surface area contributed by atoms with Crippen molar-refractivity contribution in [2.75, 3.05) is 0 Å². The molecule has 0 spiro atoms. The third-order valence-corrected chi connectivity index (χ3v) is 4.51. The Kier molecular flexibility index (Phi) is 11.1. The van der Waals surface area contributed by atoms with Crippen LogP contribution in [0.15, 0.2) is 109 Å². The Labute approximate surface area is 204 Å². The van der Waals surface area contributed by atoms with E-state index in [0.717, 1.165) is 12.8 Å². The predicted molar refractivity (Wildman–Crippen MR) is 110 cm³/mol. The van der Waals surface area contributed by atoms with Crippen molar-refractivity contribution >= 4 is 10.8 Å². The molecule has 1 aliphatic carbocycles. The molecule has 3 aromatic carbocycles. The molecule has 0 saturated heterocycles. The zero-order valence-corrected chi connectivity index (χ0v) is 19.9. The summed E-state index contributed by atoms with van der Waals surface area (Å²) in [7, 11) is 0. The molecule has 5 rings (SSSR count). The predicted octanol–water partition coefficient (Wildman–Crippen LogP) is 0.273. The number of nitrogens with zero attached hydrogens (tertiary/aromatic N) is 1. The van der Waals surface area contributed by atoms with E-state index in [1.54, 1.807) is 0 Å². The maximum absolute atomic E-state index is 3.31. The first-order valence-electron chi connectivity index (χ1n) is 8.97. The number of hydrogen-bond acceptors (Lipinski definition) is 0. The molecule has 29 heavy (non-hydrogen) atoms. The molecule has 0 unspecified atom stereocenters. The van der Waals surface area contributed by atoms with Gasteiger partial charge in [-0.25, -0.2) is 11.6 Å². The van der Waals surface area contributed by atoms with E-state index in [1.807, 2.05) is 18.2 Å². The van der Waals surface area contributed by atoms with Gasteiger partial charge in [-0.2, -0.15) is 6.08 Å². The normalized spacial score (nSPS) is 11.4. The number of benzene rings is 2. The Balaban J connectivity index is 0.000000266. The molecule has 1 aromatic heterocycles. The van der Waals surface area contributed by atoms with Crippen molar-refractivity contribution in [2.24, 2.45) is 0 Å². The van der Waals surface area contributed by atoms with Crippen molar-refractivity contribution in [3.8, 4) is 5.69 Å². The third kappa shape index (κ3) is 6.93. The fourth-order valence-electron chi connectivity index (χ4n) is 3.18. The van der Waals surface area contributed by atoms with E-state index in [0.29, 0.717) is 0 Å². The molecule has 4 heteroatoms. The van der Waals surface area contributed by atoms with Crippen molar-refractivity contribution in [3.63, 3.8) is 0 Å². The number of fused-ring (bicyclic) bond motifs is 1. The summed E-state index contributed by atoms with van der Waals surface area (Å²) in [6.45, 7) is 0. The molecule has 0 radical (unpaired) electrons. The quantitative estimate of drug-likeness (QED) is 0.359. The van der Waals surface area contributed by atoms with Crippen molar-refractivity contribution in [1.82, 2.24) is 4.57 Å². The fourth-order valence-corrected chi connectivity index (χ4v) is 3.18. The summed E-state index contributed by atoms with van der Waals surface area (Å²) in [4.78, 5) is 0. The molecular formula is C25H21Cl2NZr. The number of halogens is 2. The molecule has 0 N–H and O–H groups in total. The molecule has 0 fully saturated rings. The van der Waals surface area contributed by atoms with Crippen LogP contribution in [-0.4, -0.2) is 4.57 Å². The number of allylic oxidation sites excluding steroid dienone is 4. The van der Waals surface area contributed by atoms with Crippen LogP contribution in [0.2, 0.25) is 0 Å². The van der Waals surface area contributed by atoms with Crippen molar-refractivity contribution in [3.05, 3.63) is 121 Å². The van der Waals surface area contributed by atoms with E-state index in [4.69, 9.17) is 0 Å². The summed E-state index contributed by atoms with van der Waals surface area (Å²) in [5, 5.41) is 2.60. The van der Waals surface area contributed by atoms with E-state index >= 15 is 0 Å². The number of hydrogen-bond donors (Lipinski definition) is 0. The standard InChI is InChI=1S/C13H10N.C12H11.2ClH.Zr/c1-2-6-12-10-13(9-11(12)5-1)14-7-3-4-8-14;1-2-6-11(7-3-1)10-12-8-4-5-9-12;;;/h1-10H;1-4,6-8H,5,10H2;2*1H;/q2*-1;;;+4/p-2. The van der Waals surface area contributed by atoms with Gasteiger partial charge >= 0.3 is 26.2 Å². The number of aromatic nitrogens is 1. The summed E-state index contributed by atoms with van der Waals surface area (Å²) in [5.41, 5.74) is 3.92. The first-order chi connectivity index (χ1) is 12.9. The van der Waals surface area contributed by atoms with Crippen LogP contribution in [0.4, 0.5) is 0 Å². The van der Waals surface area contributed by atoms with Gasteiger partial charge in [0.15, 0.2) is 0 Å². The smallest absolute Gasteiger partial charge is 1.00 e. The summed E-state index contributed by atoms with van der Waals surface area (Å²) in [6.07, 6.45) is 13.8. The van der Waals surface area contributed by atoms with Gasteiger partial charge in [-0.3, -0.25) is 6.08 Å². The average Bonchev–Trinajstić information content (AvgIpc) is 3.44. The van der Waals surface area contributed by atoms with Crippen LogP contribution in [0.25, 0.3) is 16.5 Å². The molecule has 4 aromatic rings. The van der Waals surface area contributed by atoms with Gasteiger partial charge in [-0.05, 0) is 29.8 Å². The summed E-state index contributed by atoms with van der Waals surface area (Å²) >= 11 is 0. The molecule has 1 nitrogen and oxygen atoms in total. The summed E-state index contributed by atoms with van der Waals surface area (Å²) in [5.74, 6) is 0. The van der Waals surface area contributed by atoms with E-state index < -0.39 is 0 Å². The largest absolute Gasteiger partial charge is 4.00 e. The van der Waals surface area contributed by atoms with Gasteiger partial charge in [0.25, 0.3) is 0 Å². The topological polar surface area (TPSA) is 4.93 Å². The molecule has 0 bridgehead atoms. The second-order valence-corrected chi connectivity index (χ2v) is 6.40. The van der Waals surface area contributed by atoms with Gasteiger partial charge in [0, 0.05) is 12.4 Å². The Hall–Kier alpha value is -1.73. The van der Waals surface area contributed by atoms with Crippen LogP contribution < -0.4 is 24.8 Å². The van der Waals surface area contributed by atoms with Gasteiger partial charge in [0.2, 0.25) is 0 Å². The van der Waals surface area contributed by atoms with Crippen LogP contribution in [0.1, 0.15) is 12.0 Å². The second kappa shape index (κ2) is 12.8. The van der Waals surface area contributed by atoms with Crippen LogP contribution in [0.3, 0.4) is 0 Å². The molecule has 1 heterocycles. The zero-order valence-electron chi connectivity index (χ0n) is 15.9. The van der Waals surface area contributed by atoms with Crippen molar-refractivity contribution in [2.45, 2.75) is 12.8 Å². The third-order valence-electron chi connectivity index (χ3n) is 4.51. The van der Waals surface area contributed by atoms with Crippen LogP contribution in [-0.2, 0) is 32.6 Å².